The van der Waals surface area contributed by atoms with Gasteiger partial charge in [-0.2, -0.15) is 5.10 Å². The topological polar surface area (TPSA) is 29.9 Å². The van der Waals surface area contributed by atoms with Crippen molar-refractivity contribution in [2.24, 2.45) is 5.92 Å². The fourth-order valence-corrected chi connectivity index (χ4v) is 2.22. The van der Waals surface area contributed by atoms with Gasteiger partial charge in [-0.25, -0.2) is 0 Å². The normalized spacial score (nSPS) is 11.2. The van der Waals surface area contributed by atoms with Crippen LogP contribution in [0.2, 0.25) is 0 Å². The molecule has 0 amide bonds. The Balaban J connectivity index is 1.72. The molecule has 0 radical (unpaired) electrons. The van der Waals surface area contributed by atoms with E-state index in [2.05, 4.69) is 54.7 Å². The summed E-state index contributed by atoms with van der Waals surface area (Å²) in [6, 6.07) is 10.4. The molecule has 0 saturated heterocycles. The number of aromatic nitrogens is 2. The van der Waals surface area contributed by atoms with E-state index in [4.69, 9.17) is 0 Å². The lowest BCUT2D eigenvalue weighted by Gasteiger charge is -2.05. The zero-order chi connectivity index (χ0) is 14.2. The zero-order valence-electron chi connectivity index (χ0n) is 12.5. The smallest absolute Gasteiger partial charge is 0.0659 e. The van der Waals surface area contributed by atoms with Crippen LogP contribution in [0.3, 0.4) is 0 Å². The second-order valence-electron chi connectivity index (χ2n) is 5.74. The molecule has 0 spiro atoms. The van der Waals surface area contributed by atoms with Crippen LogP contribution in [-0.2, 0) is 13.1 Å². The van der Waals surface area contributed by atoms with Crippen molar-refractivity contribution in [1.82, 2.24) is 15.1 Å². The molecule has 108 valence electrons. The molecule has 0 aliphatic rings. The van der Waals surface area contributed by atoms with Crippen molar-refractivity contribution in [2.45, 2.75) is 39.8 Å². The molecule has 3 heteroatoms. The maximum atomic E-state index is 4.42. The van der Waals surface area contributed by atoms with Gasteiger partial charge in [0.2, 0.25) is 0 Å². The van der Waals surface area contributed by atoms with Gasteiger partial charge < -0.3 is 5.32 Å². The van der Waals surface area contributed by atoms with E-state index in [1.165, 1.54) is 24.0 Å². The van der Waals surface area contributed by atoms with Gasteiger partial charge in [0.1, 0.15) is 0 Å². The maximum Gasteiger partial charge on any atom is 0.0659 e. The van der Waals surface area contributed by atoms with E-state index in [1.807, 2.05) is 16.9 Å². The first-order valence-electron chi connectivity index (χ1n) is 7.50. The fourth-order valence-electron chi connectivity index (χ4n) is 2.22. The first-order valence-corrected chi connectivity index (χ1v) is 7.50. The van der Waals surface area contributed by atoms with Crippen molar-refractivity contribution in [1.29, 1.82) is 0 Å². The summed E-state index contributed by atoms with van der Waals surface area (Å²) in [6.45, 7) is 7.38. The maximum absolute atomic E-state index is 4.42. The van der Waals surface area contributed by atoms with Crippen LogP contribution in [0.1, 0.15) is 37.8 Å². The molecule has 0 unspecified atom stereocenters. The molecule has 0 aliphatic heterocycles. The highest BCUT2D eigenvalue weighted by Gasteiger charge is 2.00. The summed E-state index contributed by atoms with van der Waals surface area (Å²) < 4.78 is 2.00. The van der Waals surface area contributed by atoms with Gasteiger partial charge in [0.25, 0.3) is 0 Å². The van der Waals surface area contributed by atoms with Gasteiger partial charge in [0.15, 0.2) is 0 Å². The summed E-state index contributed by atoms with van der Waals surface area (Å²) in [5.41, 5.74) is 2.54. The molecule has 1 N–H and O–H groups in total. The third kappa shape index (κ3) is 5.17. The number of nitrogens with one attached hydrogen (secondary N) is 1. The molecule has 0 saturated carbocycles. The van der Waals surface area contributed by atoms with Crippen LogP contribution < -0.4 is 5.32 Å². The fraction of sp³-hybridized carbons (Fsp3) is 0.471. The molecule has 0 aliphatic carbocycles. The second kappa shape index (κ2) is 7.85. The highest BCUT2D eigenvalue weighted by atomic mass is 15.3. The Morgan fingerprint density at radius 2 is 1.95 bits per heavy atom. The van der Waals surface area contributed by atoms with Gasteiger partial charge >= 0.3 is 0 Å². The van der Waals surface area contributed by atoms with Crippen molar-refractivity contribution in [3.63, 3.8) is 0 Å². The van der Waals surface area contributed by atoms with Crippen LogP contribution in [0, 0.1) is 5.92 Å². The Morgan fingerprint density at radius 1 is 1.15 bits per heavy atom. The summed E-state index contributed by atoms with van der Waals surface area (Å²) in [5.74, 6) is 0.797. The molecule has 2 rings (SSSR count). The largest absolute Gasteiger partial charge is 0.313 e. The van der Waals surface area contributed by atoms with E-state index in [1.54, 1.807) is 0 Å². The highest BCUT2D eigenvalue weighted by Crippen LogP contribution is 2.05. The molecule has 1 aromatic heterocycles. The lowest BCUT2D eigenvalue weighted by atomic mass is 10.1. The van der Waals surface area contributed by atoms with E-state index < -0.39 is 0 Å². The van der Waals surface area contributed by atoms with Crippen molar-refractivity contribution < 1.29 is 0 Å². The third-order valence-corrected chi connectivity index (χ3v) is 3.34. The van der Waals surface area contributed by atoms with Crippen molar-refractivity contribution in [3.8, 4) is 0 Å². The Morgan fingerprint density at radius 3 is 2.70 bits per heavy atom. The lowest BCUT2D eigenvalue weighted by molar-refractivity contribution is 0.527. The van der Waals surface area contributed by atoms with E-state index in [0.29, 0.717) is 0 Å². The Bertz CT molecular complexity index is 488. The monoisotopic (exact) mass is 271 g/mol. The van der Waals surface area contributed by atoms with Crippen molar-refractivity contribution in [2.75, 3.05) is 6.54 Å². The van der Waals surface area contributed by atoms with Gasteiger partial charge in [-0.3, -0.25) is 4.68 Å². The predicted octanol–water partition coefficient (Wildman–Crippen LogP) is 3.46. The third-order valence-electron chi connectivity index (χ3n) is 3.34. The molecule has 20 heavy (non-hydrogen) atoms. The Kier molecular flexibility index (Phi) is 5.81. The molecule has 0 atom stereocenters. The number of rotatable bonds is 8. The molecule has 1 heterocycles. The Hall–Kier alpha value is -1.61. The molecule has 1 aromatic carbocycles. The van der Waals surface area contributed by atoms with E-state index >= 15 is 0 Å². The average Bonchev–Trinajstić information content (AvgIpc) is 2.87. The van der Waals surface area contributed by atoms with Gasteiger partial charge in [0.05, 0.1) is 12.7 Å². The summed E-state index contributed by atoms with van der Waals surface area (Å²) in [4.78, 5) is 0. The molecule has 2 aromatic rings. The molecule has 0 fully saturated rings. The minimum Gasteiger partial charge on any atom is -0.313 e. The highest BCUT2D eigenvalue weighted by molar-refractivity contribution is 5.15. The summed E-state index contributed by atoms with van der Waals surface area (Å²) >= 11 is 0. The number of nitrogens with zero attached hydrogens (tertiary/aromatic N) is 2. The van der Waals surface area contributed by atoms with Crippen LogP contribution in [0.25, 0.3) is 0 Å². The average molecular weight is 271 g/mol. The Labute approximate surface area is 122 Å². The quantitative estimate of drug-likeness (QED) is 0.745. The van der Waals surface area contributed by atoms with Gasteiger partial charge in [0, 0.05) is 18.3 Å². The standard InChI is InChI=1S/C17H25N3/c1-15(2)7-6-10-18-11-17-12-19-20(14-17)13-16-8-4-3-5-9-16/h3-5,8-9,12,14-15,18H,6-7,10-11,13H2,1-2H3. The van der Waals surface area contributed by atoms with Crippen LogP contribution in [0.5, 0.6) is 0 Å². The summed E-state index contributed by atoms with van der Waals surface area (Å²) in [6.07, 6.45) is 6.62. The molecular weight excluding hydrogens is 246 g/mol. The van der Waals surface area contributed by atoms with E-state index in [-0.39, 0.29) is 0 Å². The van der Waals surface area contributed by atoms with Crippen LogP contribution in [0.15, 0.2) is 42.7 Å². The van der Waals surface area contributed by atoms with Gasteiger partial charge in [-0.1, -0.05) is 44.2 Å². The van der Waals surface area contributed by atoms with E-state index in [9.17, 15) is 0 Å². The second-order valence-corrected chi connectivity index (χ2v) is 5.74. The first kappa shape index (κ1) is 14.8. The minimum absolute atomic E-state index is 0.797. The number of hydrogen-bond donors (Lipinski definition) is 1. The van der Waals surface area contributed by atoms with Gasteiger partial charge in [-0.05, 0) is 30.9 Å². The van der Waals surface area contributed by atoms with Crippen LogP contribution >= 0.6 is 0 Å². The van der Waals surface area contributed by atoms with E-state index in [0.717, 1.165) is 25.6 Å². The molecule has 0 bridgehead atoms. The number of benzene rings is 1. The summed E-state index contributed by atoms with van der Waals surface area (Å²) in [5, 5.41) is 7.90. The molecular formula is C17H25N3. The molecule has 3 nitrogen and oxygen atoms in total. The predicted molar refractivity (Wildman–Crippen MR) is 83.5 cm³/mol. The van der Waals surface area contributed by atoms with Crippen molar-refractivity contribution in [3.05, 3.63) is 53.9 Å². The lowest BCUT2D eigenvalue weighted by Crippen LogP contribution is -2.14. The first-order chi connectivity index (χ1) is 9.74. The van der Waals surface area contributed by atoms with Crippen molar-refractivity contribution >= 4 is 0 Å². The zero-order valence-corrected chi connectivity index (χ0v) is 12.5. The summed E-state index contributed by atoms with van der Waals surface area (Å²) in [7, 11) is 0. The van der Waals surface area contributed by atoms with Crippen LogP contribution in [0.4, 0.5) is 0 Å². The minimum atomic E-state index is 0.797. The number of hydrogen-bond acceptors (Lipinski definition) is 2. The van der Waals surface area contributed by atoms with Crippen LogP contribution in [-0.4, -0.2) is 16.3 Å². The van der Waals surface area contributed by atoms with Gasteiger partial charge in [-0.15, -0.1) is 0 Å². The SMILES string of the molecule is CC(C)CCCNCc1cnn(Cc2ccccc2)c1.